The van der Waals surface area contributed by atoms with Crippen LogP contribution in [0.3, 0.4) is 0 Å². The minimum Gasteiger partial charge on any atom is -0.479 e. The second kappa shape index (κ2) is 7.61. The van der Waals surface area contributed by atoms with Gasteiger partial charge in [-0.1, -0.05) is 30.3 Å². The van der Waals surface area contributed by atoms with Crippen LogP contribution in [0.25, 0.3) is 11.0 Å². The number of amides is 1. The van der Waals surface area contributed by atoms with E-state index in [1.807, 2.05) is 0 Å². The van der Waals surface area contributed by atoms with Crippen LogP contribution in [-0.4, -0.2) is 17.0 Å². The summed E-state index contributed by atoms with van der Waals surface area (Å²) in [7, 11) is 0. The van der Waals surface area contributed by atoms with Crippen LogP contribution in [0.2, 0.25) is 0 Å². The quantitative estimate of drug-likeness (QED) is 0.510. The second-order valence-corrected chi connectivity index (χ2v) is 5.80. The molecule has 8 nitrogen and oxygen atoms in total. The zero-order chi connectivity index (χ0) is 19.4. The van der Waals surface area contributed by atoms with Crippen LogP contribution in [0.1, 0.15) is 17.2 Å². The normalized spacial score (nSPS) is 11.7. The Morgan fingerprint density at radius 1 is 1.11 bits per heavy atom. The predicted molar refractivity (Wildman–Crippen MR) is 96.6 cm³/mol. The summed E-state index contributed by atoms with van der Waals surface area (Å²) in [5.41, 5.74) is -0.0312. The number of nitrogens with one attached hydrogen (secondary N) is 1. The van der Waals surface area contributed by atoms with Gasteiger partial charge in [-0.25, -0.2) is 9.59 Å². The van der Waals surface area contributed by atoms with Crippen molar-refractivity contribution >= 4 is 28.5 Å². The minimum absolute atomic E-state index is 0.000241. The molecule has 1 aromatic heterocycles. The predicted octanol–water partition coefficient (Wildman–Crippen LogP) is 2.68. The lowest BCUT2D eigenvalue weighted by Gasteiger charge is -2.16. The Bertz CT molecular complexity index is 1070. The average Bonchev–Trinajstić information content (AvgIpc) is 2.65. The third-order valence-corrected chi connectivity index (χ3v) is 3.94. The molecule has 3 rings (SSSR count). The number of carboxylic acids is 1. The molecule has 1 atom stereocenters. The highest BCUT2D eigenvalue weighted by Gasteiger charge is 2.26. The molecule has 0 radical (unpaired) electrons. The average molecular weight is 366 g/mol. The Kier molecular flexibility index (Phi) is 5.07. The molecule has 1 heterocycles. The molecule has 0 saturated carbocycles. The number of hydrogen-bond donors (Lipinski definition) is 2. The highest BCUT2D eigenvalue weighted by Crippen LogP contribution is 2.30. The highest BCUT2D eigenvalue weighted by molar-refractivity contribution is 5.89. The van der Waals surface area contributed by atoms with Gasteiger partial charge >= 0.3 is 11.6 Å². The zero-order valence-corrected chi connectivity index (χ0v) is 13.9. The number of fused-ring (bicyclic) bond motifs is 1. The largest absolute Gasteiger partial charge is 0.479 e. The molecule has 0 aliphatic carbocycles. The molecular weight excluding hydrogens is 352 g/mol. The van der Waals surface area contributed by atoms with Gasteiger partial charge in [-0.15, -0.1) is 4.91 Å². The second-order valence-electron chi connectivity index (χ2n) is 5.80. The molecule has 27 heavy (non-hydrogen) atoms. The molecule has 0 saturated heterocycles. The van der Waals surface area contributed by atoms with Gasteiger partial charge in [0.15, 0.2) is 6.04 Å². The Morgan fingerprint density at radius 2 is 1.85 bits per heavy atom. The van der Waals surface area contributed by atoms with E-state index in [1.165, 1.54) is 24.3 Å². The number of carboxylic acid groups (broad SMARTS) is 1. The van der Waals surface area contributed by atoms with Crippen molar-refractivity contribution in [3.63, 3.8) is 0 Å². The van der Waals surface area contributed by atoms with E-state index in [2.05, 4.69) is 10.5 Å². The first kappa shape index (κ1) is 18.0. The lowest BCUT2D eigenvalue weighted by atomic mass is 10.0. The van der Waals surface area contributed by atoms with Crippen molar-refractivity contribution in [2.45, 2.75) is 12.5 Å². The minimum atomic E-state index is -1.48. The number of hydrogen-bond acceptors (Lipinski definition) is 6. The van der Waals surface area contributed by atoms with Crippen LogP contribution in [0.15, 0.2) is 69.0 Å². The summed E-state index contributed by atoms with van der Waals surface area (Å²) in [6, 6.07) is 12.5. The van der Waals surface area contributed by atoms with Gasteiger partial charge < -0.3 is 14.8 Å². The van der Waals surface area contributed by atoms with E-state index in [1.54, 1.807) is 30.3 Å². The smallest absolute Gasteiger partial charge is 0.336 e. The molecule has 0 aliphatic heterocycles. The fourth-order valence-corrected chi connectivity index (χ4v) is 2.70. The Labute approximate surface area is 152 Å². The maximum Gasteiger partial charge on any atom is 0.336 e. The van der Waals surface area contributed by atoms with Crippen LogP contribution in [0, 0.1) is 4.91 Å². The van der Waals surface area contributed by atoms with Gasteiger partial charge in [0, 0.05) is 23.1 Å². The van der Waals surface area contributed by atoms with E-state index >= 15 is 0 Å². The first-order valence-corrected chi connectivity index (χ1v) is 7.95. The number of carbonyl (C=O) groups is 2. The Hall–Kier alpha value is -3.81. The summed E-state index contributed by atoms with van der Waals surface area (Å²) < 4.78 is 4.97. The van der Waals surface area contributed by atoms with Gasteiger partial charge in [0.1, 0.15) is 11.3 Å². The van der Waals surface area contributed by atoms with Crippen molar-refractivity contribution in [3.8, 4) is 0 Å². The summed E-state index contributed by atoms with van der Waals surface area (Å²) in [6.07, 6.45) is -0.0169. The van der Waals surface area contributed by atoms with Crippen molar-refractivity contribution in [2.24, 2.45) is 5.18 Å². The molecule has 1 unspecified atom stereocenters. The number of nitrogens with zero attached hydrogens (tertiary/aromatic N) is 1. The van der Waals surface area contributed by atoms with Crippen LogP contribution < -0.4 is 10.9 Å². The Balaban J connectivity index is 1.95. The van der Waals surface area contributed by atoms with Gasteiger partial charge in [0.05, 0.1) is 6.42 Å². The standard InChI is InChI=1S/C19H14N2O6/c22-16(8-11-4-2-1-3-5-11)20-18(19(24)25)13-9-12-6-7-17(23)27-15(12)10-14(13)21-26/h1-7,9-10,18H,8H2,(H,20,22)(H,24,25). The van der Waals surface area contributed by atoms with E-state index in [4.69, 9.17) is 4.42 Å². The fraction of sp³-hybridized carbons (Fsp3) is 0.105. The molecule has 1 amide bonds. The maximum absolute atomic E-state index is 12.3. The molecule has 2 aromatic carbocycles. The topological polar surface area (TPSA) is 126 Å². The molecule has 8 heteroatoms. The van der Waals surface area contributed by atoms with E-state index in [9.17, 15) is 24.4 Å². The van der Waals surface area contributed by atoms with Crippen molar-refractivity contribution < 1.29 is 19.1 Å². The lowest BCUT2D eigenvalue weighted by molar-refractivity contribution is -0.141. The van der Waals surface area contributed by atoms with E-state index in [0.717, 1.165) is 0 Å². The van der Waals surface area contributed by atoms with Gasteiger partial charge in [0.25, 0.3) is 0 Å². The van der Waals surface area contributed by atoms with E-state index in [-0.39, 0.29) is 23.3 Å². The lowest BCUT2D eigenvalue weighted by Crippen LogP contribution is -2.34. The SMILES string of the molecule is O=Nc1cc2oc(=O)ccc2cc1C(NC(=O)Cc1ccccc1)C(=O)O. The molecular formula is C19H14N2O6. The third-order valence-electron chi connectivity index (χ3n) is 3.94. The highest BCUT2D eigenvalue weighted by atomic mass is 16.4. The number of carbonyl (C=O) groups excluding carboxylic acids is 1. The fourth-order valence-electron chi connectivity index (χ4n) is 2.70. The van der Waals surface area contributed by atoms with Gasteiger partial charge in [0.2, 0.25) is 5.91 Å². The third kappa shape index (κ3) is 4.06. The van der Waals surface area contributed by atoms with Crippen molar-refractivity contribution in [1.82, 2.24) is 5.32 Å². The van der Waals surface area contributed by atoms with Crippen LogP contribution in [-0.2, 0) is 16.0 Å². The van der Waals surface area contributed by atoms with Crippen molar-refractivity contribution in [2.75, 3.05) is 0 Å². The number of nitroso groups, excluding NO2 is 1. The summed E-state index contributed by atoms with van der Waals surface area (Å²) in [4.78, 5) is 46.5. The van der Waals surface area contributed by atoms with Gasteiger partial charge in [-0.05, 0) is 22.9 Å². The molecule has 3 aromatic rings. The summed E-state index contributed by atoms with van der Waals surface area (Å²) >= 11 is 0. The molecule has 0 fully saturated rings. The summed E-state index contributed by atoms with van der Waals surface area (Å²) in [5, 5.41) is 15.2. The van der Waals surface area contributed by atoms with E-state index in [0.29, 0.717) is 10.9 Å². The molecule has 136 valence electrons. The van der Waals surface area contributed by atoms with Gasteiger partial charge in [-0.2, -0.15) is 0 Å². The van der Waals surface area contributed by atoms with Crippen LogP contribution >= 0.6 is 0 Å². The molecule has 0 bridgehead atoms. The molecule has 0 aliphatic rings. The monoisotopic (exact) mass is 366 g/mol. The van der Waals surface area contributed by atoms with E-state index < -0.39 is 23.5 Å². The molecule has 0 spiro atoms. The Morgan fingerprint density at radius 3 is 2.52 bits per heavy atom. The summed E-state index contributed by atoms with van der Waals surface area (Å²) in [6.45, 7) is 0. The van der Waals surface area contributed by atoms with Crippen molar-refractivity contribution in [1.29, 1.82) is 0 Å². The van der Waals surface area contributed by atoms with Crippen LogP contribution in [0.4, 0.5) is 5.69 Å². The summed E-state index contributed by atoms with van der Waals surface area (Å²) in [5.74, 6) is -1.87. The maximum atomic E-state index is 12.3. The van der Waals surface area contributed by atoms with Gasteiger partial charge in [-0.3, -0.25) is 4.79 Å². The van der Waals surface area contributed by atoms with Crippen molar-refractivity contribution in [3.05, 3.63) is 81.1 Å². The first-order valence-electron chi connectivity index (χ1n) is 7.95. The first-order chi connectivity index (χ1) is 13.0. The zero-order valence-electron chi connectivity index (χ0n) is 13.9. The number of benzene rings is 2. The number of rotatable bonds is 6. The molecule has 2 N–H and O–H groups in total. The number of aliphatic carboxylic acids is 1. The van der Waals surface area contributed by atoms with Crippen LogP contribution in [0.5, 0.6) is 0 Å².